The van der Waals surface area contributed by atoms with E-state index in [4.69, 9.17) is 16.7 Å². The van der Waals surface area contributed by atoms with Gasteiger partial charge in [-0.1, -0.05) is 18.0 Å². The maximum absolute atomic E-state index is 12.7. The highest BCUT2D eigenvalue weighted by Gasteiger charge is 2.32. The van der Waals surface area contributed by atoms with Crippen molar-refractivity contribution in [2.24, 2.45) is 0 Å². The van der Waals surface area contributed by atoms with Gasteiger partial charge in [0.2, 0.25) is 5.91 Å². The van der Waals surface area contributed by atoms with Crippen LogP contribution in [0.25, 0.3) is 0 Å². The summed E-state index contributed by atoms with van der Waals surface area (Å²) in [5, 5.41) is 11.5. The molecular weight excluding hydrogens is 384 g/mol. The van der Waals surface area contributed by atoms with Gasteiger partial charge in [0.25, 0.3) is 0 Å². The molecule has 25 heavy (non-hydrogen) atoms. The van der Waals surface area contributed by atoms with E-state index >= 15 is 0 Å². The van der Waals surface area contributed by atoms with Crippen LogP contribution in [0.1, 0.15) is 24.8 Å². The third-order valence-corrected chi connectivity index (χ3v) is 4.14. The molecule has 5 nitrogen and oxygen atoms in total. The van der Waals surface area contributed by atoms with Crippen molar-refractivity contribution in [1.29, 1.82) is 0 Å². The molecule has 1 aliphatic heterocycles. The highest BCUT2D eigenvalue weighted by atomic mass is 35.5. The number of hydrogen-bond acceptors (Lipinski definition) is 3. The number of benzene rings is 1. The minimum atomic E-state index is -4.55. The first-order valence-electron chi connectivity index (χ1n) is 7.32. The lowest BCUT2D eigenvalue weighted by Crippen LogP contribution is -2.47. The number of rotatable bonds is 4. The minimum Gasteiger partial charge on any atom is -0.480 e. The molecule has 1 saturated heterocycles. The fraction of sp³-hybridized carbons (Fsp3) is 0.467. The summed E-state index contributed by atoms with van der Waals surface area (Å²) in [4.78, 5) is 24.8. The Balaban J connectivity index is 0.00000312. The molecule has 2 rings (SSSR count). The quantitative estimate of drug-likeness (QED) is 0.808. The molecule has 1 aromatic rings. The number of aliphatic carboxylic acids is 1. The Bertz CT molecular complexity index is 641. The molecule has 0 radical (unpaired) electrons. The van der Waals surface area contributed by atoms with Crippen molar-refractivity contribution in [2.45, 2.75) is 31.5 Å². The van der Waals surface area contributed by atoms with Crippen LogP contribution in [0.2, 0.25) is 5.02 Å². The predicted molar refractivity (Wildman–Crippen MR) is 89.2 cm³/mol. The molecule has 0 aromatic heterocycles. The van der Waals surface area contributed by atoms with E-state index in [2.05, 4.69) is 5.32 Å². The van der Waals surface area contributed by atoms with Crippen LogP contribution in [0.5, 0.6) is 0 Å². The number of nitrogens with zero attached hydrogens (tertiary/aromatic N) is 1. The second kappa shape index (κ2) is 8.73. The van der Waals surface area contributed by atoms with E-state index in [1.165, 1.54) is 4.90 Å². The van der Waals surface area contributed by atoms with Gasteiger partial charge in [0.15, 0.2) is 0 Å². The number of amides is 1. The van der Waals surface area contributed by atoms with Crippen molar-refractivity contribution in [1.82, 2.24) is 4.90 Å². The van der Waals surface area contributed by atoms with Gasteiger partial charge in [-0.05, 0) is 37.6 Å². The normalized spacial score (nSPS) is 18.3. The van der Waals surface area contributed by atoms with Gasteiger partial charge in [0.1, 0.15) is 6.04 Å². The van der Waals surface area contributed by atoms with E-state index < -0.39 is 29.7 Å². The molecule has 0 bridgehead atoms. The molecule has 1 aromatic carbocycles. The van der Waals surface area contributed by atoms with Crippen LogP contribution in [0.3, 0.4) is 0 Å². The van der Waals surface area contributed by atoms with Crippen LogP contribution in [-0.2, 0) is 15.8 Å². The number of likely N-dealkylation sites (tertiary alicyclic amines) is 1. The molecule has 140 valence electrons. The summed E-state index contributed by atoms with van der Waals surface area (Å²) in [5.74, 6) is -1.62. The molecule has 1 atom stereocenters. The smallest absolute Gasteiger partial charge is 0.416 e. The average molecular weight is 401 g/mol. The van der Waals surface area contributed by atoms with E-state index in [1.54, 1.807) is 0 Å². The van der Waals surface area contributed by atoms with Gasteiger partial charge in [-0.3, -0.25) is 14.5 Å². The first-order valence-corrected chi connectivity index (χ1v) is 7.69. The fourth-order valence-corrected chi connectivity index (χ4v) is 2.80. The summed E-state index contributed by atoms with van der Waals surface area (Å²) < 4.78 is 38.2. The molecule has 10 heteroatoms. The Kier molecular flexibility index (Phi) is 7.52. The van der Waals surface area contributed by atoms with Gasteiger partial charge < -0.3 is 10.4 Å². The van der Waals surface area contributed by atoms with Crippen molar-refractivity contribution in [3.8, 4) is 0 Å². The first-order chi connectivity index (χ1) is 11.2. The SMILES string of the molecule is Cl.O=C(CN1CCCCC1C(=O)O)Nc1cc(C(F)(F)F)ccc1Cl. The minimum absolute atomic E-state index is 0. The van der Waals surface area contributed by atoms with E-state index in [-0.39, 0.29) is 29.7 Å². The van der Waals surface area contributed by atoms with Gasteiger partial charge >= 0.3 is 12.1 Å². The second-order valence-electron chi connectivity index (χ2n) is 5.56. The van der Waals surface area contributed by atoms with Gasteiger partial charge in [-0.15, -0.1) is 12.4 Å². The summed E-state index contributed by atoms with van der Waals surface area (Å²) in [5.41, 5.74) is -1.08. The Labute approximate surface area is 153 Å². The lowest BCUT2D eigenvalue weighted by Gasteiger charge is -2.32. The predicted octanol–water partition coefficient (Wildman–Crippen LogP) is 3.66. The number of carboxylic acid groups (broad SMARTS) is 1. The summed E-state index contributed by atoms with van der Waals surface area (Å²) in [7, 11) is 0. The number of nitrogens with one attached hydrogen (secondary N) is 1. The lowest BCUT2D eigenvalue weighted by molar-refractivity contribution is -0.145. The van der Waals surface area contributed by atoms with Crippen LogP contribution in [-0.4, -0.2) is 41.0 Å². The Morgan fingerprint density at radius 1 is 1.32 bits per heavy atom. The average Bonchev–Trinajstić information content (AvgIpc) is 2.48. The highest BCUT2D eigenvalue weighted by molar-refractivity contribution is 6.33. The van der Waals surface area contributed by atoms with E-state index in [1.807, 2.05) is 0 Å². The first kappa shape index (κ1) is 21.5. The summed E-state index contributed by atoms with van der Waals surface area (Å²) in [6, 6.07) is 1.87. The molecular formula is C15H17Cl2F3N2O3. The standard InChI is InChI=1S/C15H16ClF3N2O3.ClH/c16-10-5-4-9(15(17,18)19)7-11(10)20-13(22)8-21-6-2-1-3-12(21)14(23)24;/h4-5,7,12H,1-3,6,8H2,(H,20,22)(H,23,24);1H. The number of halogens is 5. The van der Waals surface area contributed by atoms with Crippen molar-refractivity contribution >= 4 is 41.6 Å². The number of anilines is 1. The third-order valence-electron chi connectivity index (χ3n) is 3.81. The van der Waals surface area contributed by atoms with Crippen LogP contribution < -0.4 is 5.32 Å². The molecule has 2 N–H and O–H groups in total. The molecule has 1 amide bonds. The number of hydrogen-bond donors (Lipinski definition) is 2. The van der Waals surface area contributed by atoms with Crippen LogP contribution in [0, 0.1) is 0 Å². The molecule has 1 aliphatic rings. The number of alkyl halides is 3. The van der Waals surface area contributed by atoms with E-state index in [0.717, 1.165) is 31.0 Å². The van der Waals surface area contributed by atoms with Crippen LogP contribution in [0.4, 0.5) is 18.9 Å². The summed E-state index contributed by atoms with van der Waals surface area (Å²) >= 11 is 5.82. The van der Waals surface area contributed by atoms with Crippen LogP contribution in [0.15, 0.2) is 18.2 Å². The number of piperidine rings is 1. The zero-order chi connectivity index (χ0) is 17.9. The molecule has 1 heterocycles. The van der Waals surface area contributed by atoms with E-state index in [0.29, 0.717) is 13.0 Å². The highest BCUT2D eigenvalue weighted by Crippen LogP contribution is 2.33. The maximum Gasteiger partial charge on any atom is 0.416 e. The van der Waals surface area contributed by atoms with Gasteiger partial charge in [0.05, 0.1) is 22.8 Å². The van der Waals surface area contributed by atoms with Crippen molar-refractivity contribution in [3.63, 3.8) is 0 Å². The topological polar surface area (TPSA) is 69.6 Å². The summed E-state index contributed by atoms with van der Waals surface area (Å²) in [6.45, 7) is 0.226. The zero-order valence-electron chi connectivity index (χ0n) is 13.0. The number of carboxylic acids is 1. The summed E-state index contributed by atoms with van der Waals surface area (Å²) in [6.07, 6.45) is -2.59. The fourth-order valence-electron chi connectivity index (χ4n) is 2.63. The number of carbonyl (C=O) groups excluding carboxylic acids is 1. The molecule has 0 saturated carbocycles. The maximum atomic E-state index is 12.7. The van der Waals surface area contributed by atoms with Crippen molar-refractivity contribution < 1.29 is 27.9 Å². The van der Waals surface area contributed by atoms with Gasteiger partial charge in [-0.25, -0.2) is 0 Å². The lowest BCUT2D eigenvalue weighted by atomic mass is 10.0. The van der Waals surface area contributed by atoms with E-state index in [9.17, 15) is 22.8 Å². The third kappa shape index (κ3) is 5.76. The molecule has 0 aliphatic carbocycles. The van der Waals surface area contributed by atoms with Gasteiger partial charge in [0, 0.05) is 0 Å². The molecule has 0 spiro atoms. The molecule has 1 unspecified atom stereocenters. The second-order valence-corrected chi connectivity index (χ2v) is 5.97. The molecule has 1 fully saturated rings. The Morgan fingerprint density at radius 3 is 2.60 bits per heavy atom. The van der Waals surface area contributed by atoms with Crippen LogP contribution >= 0.6 is 24.0 Å². The van der Waals surface area contributed by atoms with Crippen molar-refractivity contribution in [2.75, 3.05) is 18.4 Å². The van der Waals surface area contributed by atoms with Crippen molar-refractivity contribution in [3.05, 3.63) is 28.8 Å². The zero-order valence-corrected chi connectivity index (χ0v) is 14.5. The Hall–Kier alpha value is -1.51. The largest absolute Gasteiger partial charge is 0.480 e. The monoisotopic (exact) mass is 400 g/mol. The Morgan fingerprint density at radius 2 is 2.00 bits per heavy atom. The van der Waals surface area contributed by atoms with Gasteiger partial charge in [-0.2, -0.15) is 13.2 Å². The number of carbonyl (C=O) groups is 2.